The Balaban J connectivity index is 3.05. The molecule has 0 spiro atoms. The highest BCUT2D eigenvalue weighted by atomic mass is 19.1. The van der Waals surface area contributed by atoms with Crippen LogP contribution in [0.3, 0.4) is 0 Å². The van der Waals surface area contributed by atoms with Gasteiger partial charge in [-0.15, -0.1) is 0 Å². The minimum atomic E-state index is -0.673. The van der Waals surface area contributed by atoms with Crippen molar-refractivity contribution in [1.82, 2.24) is 5.32 Å². The van der Waals surface area contributed by atoms with Crippen molar-refractivity contribution in [1.29, 1.82) is 0 Å². The van der Waals surface area contributed by atoms with Gasteiger partial charge in [0.05, 0.1) is 25.7 Å². The molecule has 0 aliphatic carbocycles. The molecule has 1 aromatic rings. The lowest BCUT2D eigenvalue weighted by molar-refractivity contribution is -0.144. The average Bonchev–Trinajstić information content (AvgIpc) is 2.39. The minimum Gasteiger partial charge on any atom is -0.494 e. The van der Waals surface area contributed by atoms with Crippen molar-refractivity contribution < 1.29 is 18.7 Å². The van der Waals surface area contributed by atoms with Gasteiger partial charge in [-0.25, -0.2) is 4.39 Å². The molecule has 0 aliphatic rings. The zero-order valence-electron chi connectivity index (χ0n) is 12.5. The number of carbonyl (C=O) groups is 1. The van der Waals surface area contributed by atoms with Crippen LogP contribution in [0.1, 0.15) is 32.8 Å². The summed E-state index contributed by atoms with van der Waals surface area (Å²) >= 11 is 0. The van der Waals surface area contributed by atoms with Gasteiger partial charge in [0.25, 0.3) is 0 Å². The molecule has 20 heavy (non-hydrogen) atoms. The van der Waals surface area contributed by atoms with Crippen LogP contribution in [0, 0.1) is 5.82 Å². The number of rotatable bonds is 7. The number of benzene rings is 1. The number of methoxy groups -OCH3 is 1. The maximum Gasteiger partial charge on any atom is 0.307 e. The Labute approximate surface area is 119 Å². The summed E-state index contributed by atoms with van der Waals surface area (Å²) in [4.78, 5) is 11.7. The maximum absolute atomic E-state index is 13.8. The molecular weight excluding hydrogens is 261 g/mol. The summed E-state index contributed by atoms with van der Waals surface area (Å²) in [5, 5.41) is 3.22. The normalized spacial score (nSPS) is 13.7. The Kier molecular flexibility index (Phi) is 5.95. The summed E-state index contributed by atoms with van der Waals surface area (Å²) in [7, 11) is 1.42. The molecule has 1 N–H and O–H groups in total. The largest absolute Gasteiger partial charge is 0.494 e. The fraction of sp³-hybridized carbons (Fsp3) is 0.533. The third-order valence-electron chi connectivity index (χ3n) is 3.16. The van der Waals surface area contributed by atoms with Gasteiger partial charge in [-0.2, -0.15) is 0 Å². The van der Waals surface area contributed by atoms with Gasteiger partial charge in [0.2, 0.25) is 0 Å². The number of esters is 1. The molecule has 0 heterocycles. The quantitative estimate of drug-likeness (QED) is 0.781. The third kappa shape index (κ3) is 3.93. The van der Waals surface area contributed by atoms with Crippen LogP contribution in [0.5, 0.6) is 5.75 Å². The van der Waals surface area contributed by atoms with E-state index < -0.39 is 11.4 Å². The van der Waals surface area contributed by atoms with E-state index in [1.165, 1.54) is 13.2 Å². The van der Waals surface area contributed by atoms with Gasteiger partial charge in [0, 0.05) is 0 Å². The molecule has 0 aromatic heterocycles. The van der Waals surface area contributed by atoms with E-state index in [0.29, 0.717) is 18.7 Å². The van der Waals surface area contributed by atoms with Crippen LogP contribution in [0.15, 0.2) is 18.2 Å². The van der Waals surface area contributed by atoms with Crippen molar-refractivity contribution in [3.63, 3.8) is 0 Å². The van der Waals surface area contributed by atoms with Gasteiger partial charge in [0.1, 0.15) is 0 Å². The Hall–Kier alpha value is -1.62. The second kappa shape index (κ2) is 7.24. The smallest absolute Gasteiger partial charge is 0.307 e. The molecule has 112 valence electrons. The Morgan fingerprint density at radius 2 is 2.10 bits per heavy atom. The molecule has 0 bridgehead atoms. The number of nitrogens with one attached hydrogen (secondary N) is 1. The van der Waals surface area contributed by atoms with Crippen LogP contribution >= 0.6 is 0 Å². The molecule has 0 saturated carbocycles. The molecule has 0 radical (unpaired) electrons. The fourth-order valence-corrected chi connectivity index (χ4v) is 2.17. The van der Waals surface area contributed by atoms with Gasteiger partial charge in [-0.3, -0.25) is 4.79 Å². The lowest BCUT2D eigenvalue weighted by Crippen LogP contribution is -2.41. The van der Waals surface area contributed by atoms with Gasteiger partial charge >= 0.3 is 5.97 Å². The lowest BCUT2D eigenvalue weighted by Gasteiger charge is -2.30. The number of carbonyl (C=O) groups excluding carboxylic acids is 1. The summed E-state index contributed by atoms with van der Waals surface area (Å²) in [5.41, 5.74) is 0.0133. The molecule has 0 aliphatic heterocycles. The Morgan fingerprint density at radius 1 is 1.40 bits per heavy atom. The molecule has 1 rings (SSSR count). The van der Waals surface area contributed by atoms with Crippen molar-refractivity contribution in [2.75, 3.05) is 20.3 Å². The SMILES string of the molecule is CCNC(C)(CC(=O)OCC)c1ccc(OC)c(F)c1. The highest BCUT2D eigenvalue weighted by Gasteiger charge is 2.30. The summed E-state index contributed by atoms with van der Waals surface area (Å²) < 4.78 is 23.7. The molecular formula is C15H22FNO3. The first-order valence-corrected chi connectivity index (χ1v) is 6.71. The zero-order chi connectivity index (χ0) is 15.2. The van der Waals surface area contributed by atoms with Crippen LogP contribution in [-0.4, -0.2) is 26.2 Å². The molecule has 4 nitrogen and oxygen atoms in total. The third-order valence-corrected chi connectivity index (χ3v) is 3.16. The van der Waals surface area contributed by atoms with Crippen molar-refractivity contribution in [3.05, 3.63) is 29.6 Å². The zero-order valence-corrected chi connectivity index (χ0v) is 12.5. The van der Waals surface area contributed by atoms with Crippen LogP contribution in [0.2, 0.25) is 0 Å². The number of halogens is 1. The second-order valence-corrected chi connectivity index (χ2v) is 4.69. The highest BCUT2D eigenvalue weighted by Crippen LogP contribution is 2.29. The second-order valence-electron chi connectivity index (χ2n) is 4.69. The summed E-state index contributed by atoms with van der Waals surface area (Å²) in [6, 6.07) is 4.70. The van der Waals surface area contributed by atoms with Crippen molar-refractivity contribution in [2.24, 2.45) is 0 Å². The van der Waals surface area contributed by atoms with E-state index in [-0.39, 0.29) is 18.1 Å². The number of ether oxygens (including phenoxy) is 2. The van der Waals surface area contributed by atoms with Crippen LogP contribution < -0.4 is 10.1 Å². The first-order valence-electron chi connectivity index (χ1n) is 6.71. The lowest BCUT2D eigenvalue weighted by atomic mass is 9.88. The molecule has 1 aromatic carbocycles. The molecule has 1 atom stereocenters. The van der Waals surface area contributed by atoms with Crippen molar-refractivity contribution in [2.45, 2.75) is 32.7 Å². The van der Waals surface area contributed by atoms with E-state index in [4.69, 9.17) is 9.47 Å². The van der Waals surface area contributed by atoms with Crippen LogP contribution in [0.25, 0.3) is 0 Å². The van der Waals surface area contributed by atoms with Crippen LogP contribution in [-0.2, 0) is 15.1 Å². The fourth-order valence-electron chi connectivity index (χ4n) is 2.17. The van der Waals surface area contributed by atoms with Gasteiger partial charge < -0.3 is 14.8 Å². The topological polar surface area (TPSA) is 47.6 Å². The Morgan fingerprint density at radius 3 is 2.60 bits per heavy atom. The van der Waals surface area contributed by atoms with E-state index in [9.17, 15) is 9.18 Å². The standard InChI is InChI=1S/C15H22FNO3/c1-5-17-15(3,10-14(18)20-6-2)11-7-8-13(19-4)12(16)9-11/h7-9,17H,5-6,10H2,1-4H3. The van der Waals surface area contributed by atoms with Gasteiger partial charge in [0.15, 0.2) is 11.6 Å². The number of hydrogen-bond acceptors (Lipinski definition) is 4. The van der Waals surface area contributed by atoms with Crippen molar-refractivity contribution >= 4 is 5.97 Å². The van der Waals surface area contributed by atoms with E-state index in [1.807, 2.05) is 13.8 Å². The first kappa shape index (κ1) is 16.4. The predicted molar refractivity (Wildman–Crippen MR) is 75.2 cm³/mol. The van der Waals surface area contributed by atoms with Crippen molar-refractivity contribution in [3.8, 4) is 5.75 Å². The molecule has 0 fully saturated rings. The van der Waals surface area contributed by atoms with Gasteiger partial charge in [-0.1, -0.05) is 13.0 Å². The minimum absolute atomic E-state index is 0.139. The van der Waals surface area contributed by atoms with E-state index >= 15 is 0 Å². The molecule has 0 amide bonds. The summed E-state index contributed by atoms with van der Waals surface area (Å²) in [6.07, 6.45) is 0.139. The number of hydrogen-bond donors (Lipinski definition) is 1. The summed E-state index contributed by atoms with van der Waals surface area (Å²) in [5.74, 6) is -0.575. The molecule has 0 saturated heterocycles. The molecule has 1 unspecified atom stereocenters. The maximum atomic E-state index is 13.8. The predicted octanol–water partition coefficient (Wildman–Crippen LogP) is 2.61. The highest BCUT2D eigenvalue weighted by molar-refractivity contribution is 5.71. The molecule has 5 heteroatoms. The Bertz CT molecular complexity index is 464. The average molecular weight is 283 g/mol. The van der Waals surface area contributed by atoms with Gasteiger partial charge in [-0.05, 0) is 38.1 Å². The first-order chi connectivity index (χ1) is 9.46. The monoisotopic (exact) mass is 283 g/mol. The van der Waals surface area contributed by atoms with E-state index in [2.05, 4.69) is 5.32 Å². The van der Waals surface area contributed by atoms with Crippen LogP contribution in [0.4, 0.5) is 4.39 Å². The van der Waals surface area contributed by atoms with E-state index in [1.54, 1.807) is 19.1 Å². The summed E-state index contributed by atoms with van der Waals surface area (Å²) in [6.45, 7) is 6.54. The van der Waals surface area contributed by atoms with E-state index in [0.717, 1.165) is 0 Å².